The number of nitrogens with one attached hydrogen (secondary N) is 1. The highest BCUT2D eigenvalue weighted by molar-refractivity contribution is 7.10. The van der Waals surface area contributed by atoms with Gasteiger partial charge in [0, 0.05) is 15.8 Å². The van der Waals surface area contributed by atoms with Crippen LogP contribution in [0.2, 0.25) is 0 Å². The molecule has 0 radical (unpaired) electrons. The molecule has 1 aliphatic rings. The van der Waals surface area contributed by atoms with Gasteiger partial charge in [0.05, 0.1) is 5.92 Å². The molecular weight excluding hydrogens is 236 g/mol. The monoisotopic (exact) mass is 254 g/mol. The Hall–Kier alpha value is -0.940. The van der Waals surface area contributed by atoms with Crippen molar-refractivity contribution in [3.05, 3.63) is 32.5 Å². The molecule has 2 rings (SSSR count). The second-order valence-corrected chi connectivity index (χ2v) is 5.53. The van der Waals surface area contributed by atoms with Crippen LogP contribution in [0, 0.1) is 10.1 Å². The summed E-state index contributed by atoms with van der Waals surface area (Å²) in [6.07, 6.45) is 4.65. The molecule has 94 valence electrons. The minimum Gasteiger partial charge on any atom is -0.313 e. The summed E-state index contributed by atoms with van der Waals surface area (Å²) >= 11 is 1.63. The van der Waals surface area contributed by atoms with E-state index in [0.29, 0.717) is 0 Å². The van der Waals surface area contributed by atoms with E-state index in [2.05, 4.69) is 5.32 Å². The summed E-state index contributed by atoms with van der Waals surface area (Å²) in [6, 6.07) is 4.26. The van der Waals surface area contributed by atoms with Crippen LogP contribution in [-0.2, 0) is 0 Å². The van der Waals surface area contributed by atoms with Gasteiger partial charge in [-0.1, -0.05) is 18.9 Å². The molecule has 0 bridgehead atoms. The highest BCUT2D eigenvalue weighted by Gasteiger charge is 2.28. The van der Waals surface area contributed by atoms with Crippen LogP contribution in [0.1, 0.15) is 36.5 Å². The van der Waals surface area contributed by atoms with Crippen molar-refractivity contribution in [3.63, 3.8) is 0 Å². The average molecular weight is 254 g/mol. The van der Waals surface area contributed by atoms with Crippen LogP contribution < -0.4 is 5.32 Å². The predicted octanol–water partition coefficient (Wildman–Crippen LogP) is 2.64. The highest BCUT2D eigenvalue weighted by atomic mass is 32.1. The van der Waals surface area contributed by atoms with Crippen LogP contribution in [0.4, 0.5) is 0 Å². The smallest absolute Gasteiger partial charge is 0.212 e. The maximum atomic E-state index is 10.8. The van der Waals surface area contributed by atoms with Gasteiger partial charge in [0.25, 0.3) is 0 Å². The second kappa shape index (κ2) is 6.12. The van der Waals surface area contributed by atoms with E-state index in [1.807, 2.05) is 17.5 Å². The summed E-state index contributed by atoms with van der Waals surface area (Å²) in [5.41, 5.74) is 0. The first kappa shape index (κ1) is 12.5. The van der Waals surface area contributed by atoms with E-state index in [0.717, 1.165) is 17.8 Å². The molecule has 1 aromatic heterocycles. The zero-order chi connectivity index (χ0) is 12.1. The number of nitrogens with zero attached hydrogens (tertiary/aromatic N) is 1. The molecule has 2 unspecified atom stereocenters. The summed E-state index contributed by atoms with van der Waals surface area (Å²) in [4.78, 5) is 11.8. The molecule has 1 N–H and O–H groups in total. The molecular formula is C12H18N2O2S. The number of thiophene rings is 1. The lowest BCUT2D eigenvalue weighted by Gasteiger charge is -2.23. The van der Waals surface area contributed by atoms with E-state index in [1.54, 1.807) is 11.3 Å². The van der Waals surface area contributed by atoms with Crippen molar-refractivity contribution in [2.75, 3.05) is 13.1 Å². The lowest BCUT2D eigenvalue weighted by molar-refractivity contribution is -0.484. The van der Waals surface area contributed by atoms with Gasteiger partial charge in [-0.05, 0) is 30.8 Å². The Morgan fingerprint density at radius 2 is 2.41 bits per heavy atom. The summed E-state index contributed by atoms with van der Waals surface area (Å²) in [7, 11) is 0. The molecule has 0 aromatic carbocycles. The fourth-order valence-corrected chi connectivity index (χ4v) is 3.36. The van der Waals surface area contributed by atoms with E-state index in [-0.39, 0.29) is 23.4 Å². The van der Waals surface area contributed by atoms with Crippen molar-refractivity contribution in [2.45, 2.75) is 37.6 Å². The van der Waals surface area contributed by atoms with E-state index in [4.69, 9.17) is 0 Å². The Balaban J connectivity index is 2.10. The van der Waals surface area contributed by atoms with Crippen LogP contribution in [0.3, 0.4) is 0 Å². The van der Waals surface area contributed by atoms with Crippen molar-refractivity contribution in [1.29, 1.82) is 0 Å². The zero-order valence-electron chi connectivity index (χ0n) is 9.80. The first-order chi connectivity index (χ1) is 8.27. The quantitative estimate of drug-likeness (QED) is 0.664. The minimum atomic E-state index is -0.184. The molecule has 5 heteroatoms. The Morgan fingerprint density at radius 1 is 1.53 bits per heavy atom. The van der Waals surface area contributed by atoms with Crippen LogP contribution in [0.15, 0.2) is 17.5 Å². The maximum Gasteiger partial charge on any atom is 0.212 e. The molecule has 1 saturated heterocycles. The van der Waals surface area contributed by atoms with Gasteiger partial charge in [-0.25, -0.2) is 0 Å². The highest BCUT2D eigenvalue weighted by Crippen LogP contribution is 2.28. The van der Waals surface area contributed by atoms with Crippen molar-refractivity contribution in [3.8, 4) is 0 Å². The number of hydrogen-bond acceptors (Lipinski definition) is 4. The summed E-state index contributed by atoms with van der Waals surface area (Å²) in [5, 5.41) is 16.3. The first-order valence-corrected chi connectivity index (χ1v) is 7.04. The topological polar surface area (TPSA) is 55.2 Å². The molecule has 1 aliphatic heterocycles. The molecule has 0 spiro atoms. The normalized spacial score (nSPS) is 22.9. The number of hydrogen-bond donors (Lipinski definition) is 1. The third-order valence-electron chi connectivity index (χ3n) is 3.34. The van der Waals surface area contributed by atoms with E-state index in [1.165, 1.54) is 19.3 Å². The SMILES string of the molecule is O=[N+]([O-])CC(c1cccs1)C1CCCCCN1. The Kier molecular flexibility index (Phi) is 4.50. The van der Waals surface area contributed by atoms with Gasteiger partial charge in [0.2, 0.25) is 6.54 Å². The summed E-state index contributed by atoms with van der Waals surface area (Å²) < 4.78 is 0. The second-order valence-electron chi connectivity index (χ2n) is 4.55. The molecule has 0 amide bonds. The van der Waals surface area contributed by atoms with Crippen LogP contribution in [-0.4, -0.2) is 24.1 Å². The molecule has 2 heterocycles. The zero-order valence-corrected chi connectivity index (χ0v) is 10.6. The molecule has 1 fully saturated rings. The van der Waals surface area contributed by atoms with Crippen molar-refractivity contribution in [2.24, 2.45) is 0 Å². The summed E-state index contributed by atoms with van der Waals surface area (Å²) in [5.74, 6) is 0.0306. The minimum absolute atomic E-state index is 0.0306. The number of rotatable bonds is 4. The van der Waals surface area contributed by atoms with Gasteiger partial charge < -0.3 is 5.32 Å². The van der Waals surface area contributed by atoms with Crippen molar-refractivity contribution in [1.82, 2.24) is 5.32 Å². The third kappa shape index (κ3) is 3.51. The van der Waals surface area contributed by atoms with Gasteiger partial charge in [0.1, 0.15) is 0 Å². The Bertz CT molecular complexity index is 345. The third-order valence-corrected chi connectivity index (χ3v) is 4.34. The fourth-order valence-electron chi connectivity index (χ4n) is 2.48. The van der Waals surface area contributed by atoms with Crippen LogP contribution in [0.5, 0.6) is 0 Å². The molecule has 0 saturated carbocycles. The van der Waals surface area contributed by atoms with Gasteiger partial charge in [0.15, 0.2) is 0 Å². The van der Waals surface area contributed by atoms with Crippen LogP contribution in [0.25, 0.3) is 0 Å². The summed E-state index contributed by atoms with van der Waals surface area (Å²) in [6.45, 7) is 1.03. The molecule has 4 nitrogen and oxygen atoms in total. The van der Waals surface area contributed by atoms with E-state index < -0.39 is 0 Å². The van der Waals surface area contributed by atoms with Crippen LogP contribution >= 0.6 is 11.3 Å². The fraction of sp³-hybridized carbons (Fsp3) is 0.667. The lowest BCUT2D eigenvalue weighted by atomic mass is 9.94. The van der Waals surface area contributed by atoms with E-state index >= 15 is 0 Å². The van der Waals surface area contributed by atoms with Crippen molar-refractivity contribution >= 4 is 11.3 Å². The number of nitro groups is 1. The predicted molar refractivity (Wildman–Crippen MR) is 69.2 cm³/mol. The molecule has 2 atom stereocenters. The standard InChI is InChI=1S/C12H18N2O2S/c15-14(16)9-10(12-6-4-8-17-12)11-5-2-1-3-7-13-11/h4,6,8,10-11,13H,1-3,5,7,9H2. The van der Waals surface area contributed by atoms with Crippen molar-refractivity contribution < 1.29 is 4.92 Å². The Morgan fingerprint density at radius 3 is 3.12 bits per heavy atom. The van der Waals surface area contributed by atoms with Gasteiger partial charge in [-0.2, -0.15) is 0 Å². The first-order valence-electron chi connectivity index (χ1n) is 6.16. The largest absolute Gasteiger partial charge is 0.313 e. The molecule has 0 aliphatic carbocycles. The van der Waals surface area contributed by atoms with Gasteiger partial charge in [-0.3, -0.25) is 10.1 Å². The molecule has 17 heavy (non-hydrogen) atoms. The molecule has 1 aromatic rings. The van der Waals surface area contributed by atoms with E-state index in [9.17, 15) is 10.1 Å². The Labute approximate surface area is 105 Å². The van der Waals surface area contributed by atoms with Gasteiger partial charge >= 0.3 is 0 Å². The maximum absolute atomic E-state index is 10.8. The lowest BCUT2D eigenvalue weighted by Crippen LogP contribution is -2.37. The van der Waals surface area contributed by atoms with Gasteiger partial charge in [-0.15, -0.1) is 11.3 Å². The average Bonchev–Trinajstić information content (AvgIpc) is 2.68.